The summed E-state index contributed by atoms with van der Waals surface area (Å²) in [4.78, 5) is 0. The van der Waals surface area contributed by atoms with E-state index in [1.165, 1.54) is 6.07 Å². The number of rotatable bonds is 2. The standard InChI is InChI=1S/C12H16FNO/c1-9-6-10(13)8-12(7-9)14-11-2-4-15-5-3-11/h6-8,11,14H,2-5H2,1H3. The third kappa shape index (κ3) is 2.93. The molecule has 2 nitrogen and oxygen atoms in total. The van der Waals surface area contributed by atoms with Gasteiger partial charge in [0, 0.05) is 24.9 Å². The molecule has 1 aliphatic heterocycles. The van der Waals surface area contributed by atoms with Crippen LogP contribution in [0.4, 0.5) is 10.1 Å². The number of anilines is 1. The molecule has 1 N–H and O–H groups in total. The smallest absolute Gasteiger partial charge is 0.125 e. The Bertz CT molecular complexity index is 314. The van der Waals surface area contributed by atoms with Crippen molar-refractivity contribution in [2.45, 2.75) is 25.8 Å². The molecule has 1 saturated heterocycles. The fourth-order valence-corrected chi connectivity index (χ4v) is 1.90. The zero-order chi connectivity index (χ0) is 10.7. The normalized spacial score (nSPS) is 17.7. The molecule has 0 radical (unpaired) electrons. The van der Waals surface area contributed by atoms with Crippen LogP contribution in [0, 0.1) is 12.7 Å². The lowest BCUT2D eigenvalue weighted by Crippen LogP contribution is -2.27. The van der Waals surface area contributed by atoms with Gasteiger partial charge in [0.25, 0.3) is 0 Å². The van der Waals surface area contributed by atoms with Crippen LogP contribution in [0.15, 0.2) is 18.2 Å². The van der Waals surface area contributed by atoms with Gasteiger partial charge in [0.1, 0.15) is 5.82 Å². The molecule has 1 heterocycles. The van der Waals surface area contributed by atoms with Gasteiger partial charge in [-0.2, -0.15) is 0 Å². The second-order valence-electron chi connectivity index (χ2n) is 4.05. The Labute approximate surface area is 89.4 Å². The molecule has 1 aromatic carbocycles. The first-order valence-corrected chi connectivity index (χ1v) is 5.35. The summed E-state index contributed by atoms with van der Waals surface area (Å²) >= 11 is 0. The topological polar surface area (TPSA) is 21.3 Å². The molecule has 0 aliphatic carbocycles. The van der Waals surface area contributed by atoms with Crippen LogP contribution in [0.25, 0.3) is 0 Å². The van der Waals surface area contributed by atoms with Crippen molar-refractivity contribution in [3.63, 3.8) is 0 Å². The van der Waals surface area contributed by atoms with E-state index in [9.17, 15) is 4.39 Å². The van der Waals surface area contributed by atoms with E-state index in [-0.39, 0.29) is 5.82 Å². The Morgan fingerprint density at radius 2 is 2.00 bits per heavy atom. The van der Waals surface area contributed by atoms with Gasteiger partial charge >= 0.3 is 0 Å². The van der Waals surface area contributed by atoms with Crippen LogP contribution in [-0.2, 0) is 4.74 Å². The minimum atomic E-state index is -0.176. The van der Waals surface area contributed by atoms with E-state index < -0.39 is 0 Å². The van der Waals surface area contributed by atoms with Gasteiger partial charge in [-0.3, -0.25) is 0 Å². The monoisotopic (exact) mass is 209 g/mol. The van der Waals surface area contributed by atoms with Gasteiger partial charge in [0.2, 0.25) is 0 Å². The van der Waals surface area contributed by atoms with Crippen molar-refractivity contribution in [3.05, 3.63) is 29.6 Å². The lowest BCUT2D eigenvalue weighted by Gasteiger charge is -2.24. The highest BCUT2D eigenvalue weighted by Gasteiger charge is 2.13. The van der Waals surface area contributed by atoms with Crippen LogP contribution in [0.3, 0.4) is 0 Å². The zero-order valence-electron chi connectivity index (χ0n) is 8.92. The molecule has 0 saturated carbocycles. The summed E-state index contributed by atoms with van der Waals surface area (Å²) in [5.74, 6) is -0.176. The Morgan fingerprint density at radius 1 is 1.27 bits per heavy atom. The molecule has 1 fully saturated rings. The van der Waals surface area contributed by atoms with Crippen LogP contribution in [0.5, 0.6) is 0 Å². The van der Waals surface area contributed by atoms with Gasteiger partial charge in [0.15, 0.2) is 0 Å². The summed E-state index contributed by atoms with van der Waals surface area (Å²) in [6.45, 7) is 3.50. The third-order valence-electron chi connectivity index (χ3n) is 2.63. The van der Waals surface area contributed by atoms with Gasteiger partial charge in [-0.1, -0.05) is 0 Å². The predicted molar refractivity (Wildman–Crippen MR) is 58.6 cm³/mol. The first kappa shape index (κ1) is 10.4. The minimum absolute atomic E-state index is 0.176. The van der Waals surface area contributed by atoms with Crippen molar-refractivity contribution >= 4 is 5.69 Å². The van der Waals surface area contributed by atoms with Gasteiger partial charge in [-0.05, 0) is 43.5 Å². The van der Waals surface area contributed by atoms with Gasteiger partial charge in [-0.25, -0.2) is 4.39 Å². The van der Waals surface area contributed by atoms with Crippen molar-refractivity contribution in [1.29, 1.82) is 0 Å². The van der Waals surface area contributed by atoms with Crippen molar-refractivity contribution in [1.82, 2.24) is 0 Å². The van der Waals surface area contributed by atoms with Crippen LogP contribution >= 0.6 is 0 Å². The summed E-state index contributed by atoms with van der Waals surface area (Å²) in [5, 5.41) is 3.34. The highest BCUT2D eigenvalue weighted by Crippen LogP contribution is 2.17. The molecule has 0 bridgehead atoms. The summed E-state index contributed by atoms with van der Waals surface area (Å²) in [5.41, 5.74) is 1.82. The molecular formula is C12H16FNO. The molecule has 15 heavy (non-hydrogen) atoms. The number of aryl methyl sites for hydroxylation is 1. The fourth-order valence-electron chi connectivity index (χ4n) is 1.90. The van der Waals surface area contributed by atoms with Gasteiger partial charge < -0.3 is 10.1 Å². The Balaban J connectivity index is 2.02. The Kier molecular flexibility index (Phi) is 3.21. The summed E-state index contributed by atoms with van der Waals surface area (Å²) in [7, 11) is 0. The maximum Gasteiger partial charge on any atom is 0.125 e. The van der Waals surface area contributed by atoms with E-state index in [2.05, 4.69) is 5.32 Å². The second kappa shape index (κ2) is 4.62. The largest absolute Gasteiger partial charge is 0.382 e. The van der Waals surface area contributed by atoms with Crippen LogP contribution in [0.1, 0.15) is 18.4 Å². The zero-order valence-corrected chi connectivity index (χ0v) is 8.92. The summed E-state index contributed by atoms with van der Waals surface area (Å²) in [6, 6.07) is 5.47. The van der Waals surface area contributed by atoms with Crippen molar-refractivity contribution < 1.29 is 9.13 Å². The van der Waals surface area contributed by atoms with Crippen LogP contribution in [0.2, 0.25) is 0 Å². The van der Waals surface area contributed by atoms with Crippen molar-refractivity contribution in [2.75, 3.05) is 18.5 Å². The van der Waals surface area contributed by atoms with Crippen LogP contribution in [-0.4, -0.2) is 19.3 Å². The molecule has 0 spiro atoms. The Morgan fingerprint density at radius 3 is 2.67 bits per heavy atom. The SMILES string of the molecule is Cc1cc(F)cc(NC2CCOCC2)c1. The highest BCUT2D eigenvalue weighted by molar-refractivity contribution is 5.46. The molecular weight excluding hydrogens is 193 g/mol. The maximum absolute atomic E-state index is 13.1. The maximum atomic E-state index is 13.1. The van der Waals surface area contributed by atoms with Crippen molar-refractivity contribution in [2.24, 2.45) is 0 Å². The number of ether oxygens (including phenoxy) is 1. The summed E-state index contributed by atoms with van der Waals surface area (Å²) in [6.07, 6.45) is 1.99. The van der Waals surface area contributed by atoms with Gasteiger partial charge in [0.05, 0.1) is 0 Å². The number of benzene rings is 1. The number of hydrogen-bond donors (Lipinski definition) is 1. The molecule has 82 valence electrons. The number of nitrogens with one attached hydrogen (secondary N) is 1. The molecule has 3 heteroatoms. The van der Waals surface area contributed by atoms with E-state index in [4.69, 9.17) is 4.74 Å². The lowest BCUT2D eigenvalue weighted by atomic mass is 10.1. The molecule has 1 aromatic rings. The fraction of sp³-hybridized carbons (Fsp3) is 0.500. The van der Waals surface area contributed by atoms with E-state index in [0.29, 0.717) is 6.04 Å². The first-order chi connectivity index (χ1) is 7.24. The average molecular weight is 209 g/mol. The number of halogens is 1. The summed E-state index contributed by atoms with van der Waals surface area (Å²) < 4.78 is 18.4. The van der Waals surface area contributed by atoms with E-state index >= 15 is 0 Å². The third-order valence-corrected chi connectivity index (χ3v) is 2.63. The number of hydrogen-bond acceptors (Lipinski definition) is 2. The first-order valence-electron chi connectivity index (χ1n) is 5.35. The quantitative estimate of drug-likeness (QED) is 0.808. The van der Waals surface area contributed by atoms with E-state index in [0.717, 1.165) is 37.3 Å². The molecule has 0 atom stereocenters. The van der Waals surface area contributed by atoms with Gasteiger partial charge in [-0.15, -0.1) is 0 Å². The highest BCUT2D eigenvalue weighted by atomic mass is 19.1. The predicted octanol–water partition coefficient (Wildman–Crippen LogP) is 2.73. The van der Waals surface area contributed by atoms with Crippen LogP contribution < -0.4 is 5.32 Å². The average Bonchev–Trinajstić information content (AvgIpc) is 2.17. The lowest BCUT2D eigenvalue weighted by molar-refractivity contribution is 0.0904. The Hall–Kier alpha value is -1.09. The molecule has 2 rings (SSSR count). The molecule has 0 amide bonds. The molecule has 0 unspecified atom stereocenters. The molecule has 1 aliphatic rings. The molecule has 0 aromatic heterocycles. The van der Waals surface area contributed by atoms with E-state index in [1.807, 2.05) is 13.0 Å². The van der Waals surface area contributed by atoms with Crippen molar-refractivity contribution in [3.8, 4) is 0 Å². The van der Waals surface area contributed by atoms with E-state index in [1.54, 1.807) is 6.07 Å². The minimum Gasteiger partial charge on any atom is -0.382 e. The second-order valence-corrected chi connectivity index (χ2v) is 4.05.